The number of phosphoric acid groups is 2. The van der Waals surface area contributed by atoms with E-state index >= 15 is 0 Å². The molecule has 1 fully saturated rings. The molecule has 7 atom stereocenters. The summed E-state index contributed by atoms with van der Waals surface area (Å²) in [5.41, 5.74) is 4.59. The number of rotatable bonds is 41. The Morgan fingerprint density at radius 1 is 0.754 bits per heavy atom. The van der Waals surface area contributed by atoms with Gasteiger partial charge in [0.1, 0.15) is 30.2 Å². The van der Waals surface area contributed by atoms with Crippen LogP contribution >= 0.6 is 27.4 Å². The maximum Gasteiger partial charge on any atom is 1.00 e. The molecule has 0 bridgehead atoms. The van der Waals surface area contributed by atoms with Gasteiger partial charge in [-0.05, 0) is 24.7 Å². The summed E-state index contributed by atoms with van der Waals surface area (Å²) in [6, 6.07) is 1.25. The number of aliphatic hydroxyl groups is 2. The second-order valence-corrected chi connectivity index (χ2v) is 21.0. The van der Waals surface area contributed by atoms with Crippen molar-refractivity contribution in [2.24, 2.45) is 0 Å². The molecule has 0 spiro atoms. The van der Waals surface area contributed by atoms with E-state index in [1.807, 2.05) is 0 Å². The predicted octanol–water partition coefficient (Wildman–Crippen LogP) is 3.05. The molecule has 16 nitrogen and oxygen atoms in total. The van der Waals surface area contributed by atoms with Gasteiger partial charge in [0.15, 0.2) is 6.23 Å². The van der Waals surface area contributed by atoms with E-state index in [-0.39, 0.29) is 77.1 Å². The Morgan fingerprint density at radius 3 is 1.68 bits per heavy atom. The van der Waals surface area contributed by atoms with Gasteiger partial charge >= 0.3 is 70.8 Å². The monoisotopic (exact) mass is 999 g/mol. The third-order valence-electron chi connectivity index (χ3n) is 11.2. The summed E-state index contributed by atoms with van der Waals surface area (Å²) in [5, 5.41) is 20.8. The van der Waals surface area contributed by atoms with Gasteiger partial charge in [0, 0.05) is 18.4 Å². The standard InChI is InChI=1S/C44H83N3O13P2S.2Na/c1-3-5-7-9-11-13-15-16-17-18-19-21-23-25-27-29-33-63-36-37(58-40(48)30-28-26-24-22-20-14-12-10-8-6-4-2)34-56-61(52,53)60-62(54,55)57-35-38-41(49)42(50)43(59-38)47-32-31-39(45)46-44(47)51;;/h31-32,37-38,41-43,49-50H,3-30,33-36H2,1-2H3,(H,52,53)(H,54,55)(H2,45,46,51);;/q;2*+1/p-2/t37?,38-,41-,42+,43?;;/m1../s1. The smallest absolute Gasteiger partial charge is 0.756 e. The van der Waals surface area contributed by atoms with Crippen LogP contribution in [0.15, 0.2) is 17.1 Å². The molecule has 0 radical (unpaired) electrons. The summed E-state index contributed by atoms with van der Waals surface area (Å²) < 4.78 is 51.0. The second kappa shape index (κ2) is 40.3. The Labute approximate surface area is 438 Å². The Morgan fingerprint density at radius 2 is 1.20 bits per heavy atom. The number of aromatic nitrogens is 2. The molecule has 21 heteroatoms. The molecule has 0 aliphatic carbocycles. The van der Waals surface area contributed by atoms with Crippen LogP contribution < -0.4 is 80.3 Å². The normalized spacial score (nSPS) is 19.5. The quantitative estimate of drug-likeness (QED) is 0.0370. The van der Waals surface area contributed by atoms with Gasteiger partial charge in [0.05, 0.1) is 13.2 Å². The van der Waals surface area contributed by atoms with Crippen LogP contribution in [0.3, 0.4) is 0 Å². The first-order valence-corrected chi connectivity index (χ1v) is 28.1. The number of nitrogens with two attached hydrogens (primary N) is 1. The van der Waals surface area contributed by atoms with E-state index in [0.717, 1.165) is 48.8 Å². The Hall–Kier alpha value is 0.640. The summed E-state index contributed by atoms with van der Waals surface area (Å²) in [6.45, 7) is 2.82. The Bertz CT molecular complexity index is 1510. The molecule has 4 N–H and O–H groups in total. The molecule has 2 rings (SSSR count). The number of esters is 1. The molecule has 0 aromatic carbocycles. The van der Waals surface area contributed by atoms with Crippen molar-refractivity contribution >= 4 is 39.2 Å². The minimum absolute atomic E-state index is 0. The van der Waals surface area contributed by atoms with Crippen LogP contribution in [0.25, 0.3) is 0 Å². The molecule has 368 valence electrons. The van der Waals surface area contributed by atoms with Gasteiger partial charge in [-0.15, -0.1) is 0 Å². The SMILES string of the molecule is CCCCCCCCCCCCCCCCCCSCC(COP(=O)([O-])OP(=O)([O-])OC[C@H]1OC(n2ccc(N)nc2=O)[C@@H](O)[C@@H]1O)OC(=O)CCCCCCCCCCCCC.[Na+].[Na+]. The van der Waals surface area contributed by atoms with Gasteiger partial charge in [0.25, 0.3) is 15.6 Å². The van der Waals surface area contributed by atoms with Crippen LogP contribution in [0.1, 0.15) is 200 Å². The van der Waals surface area contributed by atoms with E-state index < -0.39 is 71.2 Å². The number of aliphatic hydroxyl groups excluding tert-OH is 2. The van der Waals surface area contributed by atoms with Crippen molar-refractivity contribution in [3.8, 4) is 0 Å². The number of thioether (sulfide) groups is 1. The molecular weight excluding hydrogens is 918 g/mol. The third kappa shape index (κ3) is 32.3. The number of unbranched alkanes of at least 4 members (excludes halogenated alkanes) is 25. The van der Waals surface area contributed by atoms with Crippen LogP contribution in [0.5, 0.6) is 0 Å². The van der Waals surface area contributed by atoms with Gasteiger partial charge in [-0.3, -0.25) is 18.5 Å². The molecule has 1 saturated heterocycles. The van der Waals surface area contributed by atoms with Crippen LogP contribution in [0.4, 0.5) is 5.82 Å². The first kappa shape index (κ1) is 65.6. The fourth-order valence-electron chi connectivity index (χ4n) is 7.49. The van der Waals surface area contributed by atoms with E-state index in [9.17, 15) is 38.7 Å². The first-order chi connectivity index (χ1) is 30.3. The van der Waals surface area contributed by atoms with Crippen LogP contribution in [0.2, 0.25) is 0 Å². The zero-order valence-corrected chi connectivity index (χ0v) is 46.9. The van der Waals surface area contributed by atoms with Crippen molar-refractivity contribution < 1.29 is 116 Å². The van der Waals surface area contributed by atoms with Gasteiger partial charge in [-0.25, -0.2) is 9.11 Å². The third-order valence-corrected chi connectivity index (χ3v) is 14.9. The van der Waals surface area contributed by atoms with Crippen molar-refractivity contribution in [3.63, 3.8) is 0 Å². The first-order valence-electron chi connectivity index (χ1n) is 24.0. The summed E-state index contributed by atoms with van der Waals surface area (Å²) in [4.78, 5) is 53.8. The van der Waals surface area contributed by atoms with Gasteiger partial charge in [-0.2, -0.15) is 16.7 Å². The van der Waals surface area contributed by atoms with Crippen molar-refractivity contribution in [2.45, 2.75) is 224 Å². The van der Waals surface area contributed by atoms with Crippen molar-refractivity contribution in [3.05, 3.63) is 22.7 Å². The molecule has 1 aliphatic heterocycles. The topological polar surface area (TPSA) is 245 Å². The van der Waals surface area contributed by atoms with Crippen LogP contribution in [-0.4, -0.2) is 74.9 Å². The fraction of sp³-hybridized carbons (Fsp3) is 0.886. The van der Waals surface area contributed by atoms with Crippen molar-refractivity contribution in [1.29, 1.82) is 0 Å². The molecule has 1 aliphatic rings. The molecule has 65 heavy (non-hydrogen) atoms. The van der Waals surface area contributed by atoms with E-state index in [0.29, 0.717) is 6.42 Å². The average molecular weight is 1000 g/mol. The summed E-state index contributed by atoms with van der Waals surface area (Å²) in [7, 11) is -11.2. The van der Waals surface area contributed by atoms with E-state index in [1.165, 1.54) is 152 Å². The number of phosphoric ester groups is 2. The predicted molar refractivity (Wildman–Crippen MR) is 245 cm³/mol. The number of nitrogen functional groups attached to an aromatic ring is 1. The van der Waals surface area contributed by atoms with Crippen LogP contribution in [0, 0.1) is 0 Å². The Balaban J connectivity index is 0.0000205. The number of carbonyl (C=O) groups excluding carboxylic acids is 1. The average Bonchev–Trinajstić information content (AvgIpc) is 3.51. The minimum atomic E-state index is -5.63. The summed E-state index contributed by atoms with van der Waals surface area (Å²) >= 11 is 1.50. The molecule has 2 heterocycles. The number of anilines is 1. The second-order valence-electron chi connectivity index (χ2n) is 16.9. The molecule has 0 amide bonds. The zero-order valence-electron chi connectivity index (χ0n) is 40.3. The van der Waals surface area contributed by atoms with E-state index in [2.05, 4.69) is 27.7 Å². The number of hydrogen-bond donors (Lipinski definition) is 3. The maximum atomic E-state index is 12.8. The summed E-state index contributed by atoms with van der Waals surface area (Å²) in [5.74, 6) is 0.427. The summed E-state index contributed by atoms with van der Waals surface area (Å²) in [6.07, 6.45) is 26.7. The molecule has 0 saturated carbocycles. The zero-order chi connectivity index (χ0) is 46.2. The van der Waals surface area contributed by atoms with Crippen molar-refractivity contribution in [1.82, 2.24) is 9.55 Å². The largest absolute Gasteiger partial charge is 1.00 e. The van der Waals surface area contributed by atoms with Gasteiger partial charge in [-0.1, -0.05) is 174 Å². The van der Waals surface area contributed by atoms with E-state index in [1.54, 1.807) is 0 Å². The molecular formula is C44H81N3Na2O13P2S. The Kier molecular flexibility index (Phi) is 40.7. The fourth-order valence-corrected chi connectivity index (χ4v) is 10.5. The number of nitrogens with zero attached hydrogens (tertiary/aromatic N) is 2. The molecule has 4 unspecified atom stereocenters. The maximum absolute atomic E-state index is 12.8. The van der Waals surface area contributed by atoms with E-state index in [4.69, 9.17) is 19.7 Å². The number of ether oxygens (including phenoxy) is 2. The molecule has 1 aromatic rings. The van der Waals surface area contributed by atoms with Gasteiger partial charge < -0.3 is 44.3 Å². The van der Waals surface area contributed by atoms with Crippen molar-refractivity contribution in [2.75, 3.05) is 30.5 Å². The van der Waals surface area contributed by atoms with Gasteiger partial charge in [0.2, 0.25) is 0 Å². The molecule has 1 aromatic heterocycles. The number of hydrogen-bond acceptors (Lipinski definition) is 16. The minimum Gasteiger partial charge on any atom is -0.756 e. The number of carbonyl (C=O) groups is 1. The van der Waals surface area contributed by atoms with Crippen LogP contribution in [-0.2, 0) is 36.8 Å².